The van der Waals surface area contributed by atoms with E-state index < -0.39 is 11.4 Å². The van der Waals surface area contributed by atoms with E-state index in [1.807, 2.05) is 27.7 Å². The Hall–Kier alpha value is -1.83. The zero-order valence-electron chi connectivity index (χ0n) is 15.7. The first kappa shape index (κ1) is 20.5. The first-order valence-corrected chi connectivity index (χ1v) is 9.28. The zero-order valence-corrected chi connectivity index (χ0v) is 17.3. The molecule has 26 heavy (non-hydrogen) atoms. The molecule has 2 rings (SSSR count). The van der Waals surface area contributed by atoms with Crippen LogP contribution in [0.4, 0.5) is 19.7 Å². The van der Waals surface area contributed by atoms with Crippen molar-refractivity contribution in [2.24, 2.45) is 0 Å². The normalized spacial score (nSPS) is 17.9. The molecule has 1 N–H and O–H groups in total. The number of urea groups is 1. The highest BCUT2D eigenvalue weighted by molar-refractivity contribution is 9.10. The standard InChI is InChI=1S/C18H25BrFN3O3/c1-11-8-13(19)14(20)9-15(11)21-16(24)23-7-6-22(10-12(23)2)17(25)26-18(3,4)5/h8-9,12H,6-7,10H2,1-5H3,(H,21,24)/t12-/m1/s1. The Balaban J connectivity index is 2.00. The fraction of sp³-hybridized carbons (Fsp3) is 0.556. The van der Waals surface area contributed by atoms with Gasteiger partial charge in [0.1, 0.15) is 11.4 Å². The van der Waals surface area contributed by atoms with E-state index in [-0.39, 0.29) is 18.2 Å². The van der Waals surface area contributed by atoms with Crippen molar-refractivity contribution in [2.75, 3.05) is 25.0 Å². The molecule has 1 fully saturated rings. The molecule has 1 aromatic carbocycles. The third kappa shape index (κ3) is 5.09. The van der Waals surface area contributed by atoms with Gasteiger partial charge in [0, 0.05) is 31.4 Å². The van der Waals surface area contributed by atoms with E-state index in [1.165, 1.54) is 6.07 Å². The molecule has 1 atom stereocenters. The molecular weight excluding hydrogens is 405 g/mol. The fourth-order valence-electron chi connectivity index (χ4n) is 2.72. The molecule has 0 saturated carbocycles. The number of anilines is 1. The molecule has 1 aliphatic rings. The third-order valence-corrected chi connectivity index (χ3v) is 4.66. The summed E-state index contributed by atoms with van der Waals surface area (Å²) in [5.74, 6) is -0.436. The van der Waals surface area contributed by atoms with Crippen molar-refractivity contribution in [2.45, 2.75) is 46.3 Å². The minimum Gasteiger partial charge on any atom is -0.444 e. The number of carbonyl (C=O) groups excluding carboxylic acids is 2. The molecule has 0 aliphatic carbocycles. The van der Waals surface area contributed by atoms with Crippen LogP contribution in [0.5, 0.6) is 0 Å². The van der Waals surface area contributed by atoms with Gasteiger partial charge in [0.25, 0.3) is 0 Å². The van der Waals surface area contributed by atoms with Crippen LogP contribution in [0.25, 0.3) is 0 Å². The number of rotatable bonds is 1. The largest absolute Gasteiger partial charge is 0.444 e. The predicted octanol–water partition coefficient (Wildman–Crippen LogP) is 4.37. The van der Waals surface area contributed by atoms with Gasteiger partial charge in [-0.3, -0.25) is 0 Å². The number of carbonyl (C=O) groups is 2. The van der Waals surface area contributed by atoms with E-state index in [1.54, 1.807) is 22.8 Å². The number of piperazine rings is 1. The highest BCUT2D eigenvalue weighted by atomic mass is 79.9. The minimum atomic E-state index is -0.558. The summed E-state index contributed by atoms with van der Waals surface area (Å²) < 4.78 is 19.5. The molecule has 0 spiro atoms. The maximum Gasteiger partial charge on any atom is 0.410 e. The van der Waals surface area contributed by atoms with E-state index in [4.69, 9.17) is 4.74 Å². The second-order valence-corrected chi connectivity index (χ2v) is 8.33. The SMILES string of the molecule is Cc1cc(Br)c(F)cc1NC(=O)N1CCN(C(=O)OC(C)(C)C)C[C@H]1C. The number of hydrogen-bond acceptors (Lipinski definition) is 3. The lowest BCUT2D eigenvalue weighted by Gasteiger charge is -2.40. The van der Waals surface area contributed by atoms with Crippen molar-refractivity contribution in [3.63, 3.8) is 0 Å². The average molecular weight is 430 g/mol. The average Bonchev–Trinajstić information content (AvgIpc) is 2.50. The van der Waals surface area contributed by atoms with Crippen molar-refractivity contribution < 1.29 is 18.7 Å². The quantitative estimate of drug-likeness (QED) is 0.720. The maximum atomic E-state index is 13.7. The summed E-state index contributed by atoms with van der Waals surface area (Å²) in [4.78, 5) is 28.0. The van der Waals surface area contributed by atoms with Crippen LogP contribution in [0.3, 0.4) is 0 Å². The van der Waals surface area contributed by atoms with Gasteiger partial charge in [-0.1, -0.05) is 0 Å². The van der Waals surface area contributed by atoms with Gasteiger partial charge in [-0.2, -0.15) is 0 Å². The lowest BCUT2D eigenvalue weighted by molar-refractivity contribution is 0.0112. The molecule has 144 valence electrons. The Morgan fingerprint density at radius 2 is 1.96 bits per heavy atom. The Morgan fingerprint density at radius 1 is 1.31 bits per heavy atom. The lowest BCUT2D eigenvalue weighted by atomic mass is 10.2. The van der Waals surface area contributed by atoms with Crippen molar-refractivity contribution in [1.29, 1.82) is 0 Å². The summed E-state index contributed by atoms with van der Waals surface area (Å²) >= 11 is 3.13. The number of hydrogen-bond donors (Lipinski definition) is 1. The molecule has 0 bridgehead atoms. The van der Waals surface area contributed by atoms with Crippen LogP contribution in [0.2, 0.25) is 0 Å². The molecule has 0 unspecified atom stereocenters. The highest BCUT2D eigenvalue weighted by Crippen LogP contribution is 2.25. The topological polar surface area (TPSA) is 61.9 Å². The Kier molecular flexibility index (Phi) is 6.16. The molecule has 6 nitrogen and oxygen atoms in total. The van der Waals surface area contributed by atoms with Crippen molar-refractivity contribution in [3.8, 4) is 0 Å². The van der Waals surface area contributed by atoms with Gasteiger partial charge >= 0.3 is 12.1 Å². The van der Waals surface area contributed by atoms with Crippen LogP contribution in [0.15, 0.2) is 16.6 Å². The van der Waals surface area contributed by atoms with Gasteiger partial charge < -0.3 is 19.9 Å². The Morgan fingerprint density at radius 3 is 2.54 bits per heavy atom. The maximum absolute atomic E-state index is 13.7. The van der Waals surface area contributed by atoms with Crippen LogP contribution in [0, 0.1) is 12.7 Å². The summed E-state index contributed by atoms with van der Waals surface area (Å²) in [5.41, 5.74) is 0.627. The smallest absolute Gasteiger partial charge is 0.410 e. The van der Waals surface area contributed by atoms with Crippen molar-refractivity contribution in [1.82, 2.24) is 9.80 Å². The second kappa shape index (κ2) is 7.82. The molecule has 0 radical (unpaired) electrons. The van der Waals surface area contributed by atoms with Crippen LogP contribution in [-0.2, 0) is 4.74 Å². The van der Waals surface area contributed by atoms with E-state index in [9.17, 15) is 14.0 Å². The first-order valence-electron chi connectivity index (χ1n) is 8.49. The van der Waals surface area contributed by atoms with Gasteiger partial charge in [-0.05, 0) is 68.2 Å². The van der Waals surface area contributed by atoms with Crippen LogP contribution < -0.4 is 5.32 Å². The number of nitrogens with one attached hydrogen (secondary N) is 1. The van der Waals surface area contributed by atoms with Crippen LogP contribution in [-0.4, -0.2) is 53.2 Å². The van der Waals surface area contributed by atoms with Gasteiger partial charge in [-0.25, -0.2) is 14.0 Å². The number of nitrogens with zero attached hydrogens (tertiary/aromatic N) is 2. The van der Waals surface area contributed by atoms with Crippen molar-refractivity contribution in [3.05, 3.63) is 28.0 Å². The Labute approximate surface area is 161 Å². The van der Waals surface area contributed by atoms with E-state index in [2.05, 4.69) is 21.2 Å². The number of amides is 3. The monoisotopic (exact) mass is 429 g/mol. The van der Waals surface area contributed by atoms with E-state index in [0.717, 1.165) is 5.56 Å². The predicted molar refractivity (Wildman–Crippen MR) is 102 cm³/mol. The molecule has 8 heteroatoms. The van der Waals surface area contributed by atoms with E-state index >= 15 is 0 Å². The minimum absolute atomic E-state index is 0.183. The van der Waals surface area contributed by atoms with E-state index in [0.29, 0.717) is 29.8 Å². The molecule has 1 aliphatic heterocycles. The van der Waals surface area contributed by atoms with Gasteiger partial charge in [0.15, 0.2) is 0 Å². The number of aryl methyl sites for hydroxylation is 1. The number of benzene rings is 1. The van der Waals surface area contributed by atoms with Gasteiger partial charge in [0.05, 0.1) is 4.47 Å². The Bertz CT molecular complexity index is 706. The van der Waals surface area contributed by atoms with Gasteiger partial charge in [0.2, 0.25) is 0 Å². The van der Waals surface area contributed by atoms with Gasteiger partial charge in [-0.15, -0.1) is 0 Å². The summed E-state index contributed by atoms with van der Waals surface area (Å²) in [5, 5.41) is 2.75. The third-order valence-electron chi connectivity index (χ3n) is 4.05. The number of halogens is 2. The second-order valence-electron chi connectivity index (χ2n) is 7.48. The molecule has 1 heterocycles. The summed E-state index contributed by atoms with van der Waals surface area (Å²) in [6.07, 6.45) is -0.379. The lowest BCUT2D eigenvalue weighted by Crippen LogP contribution is -2.57. The van der Waals surface area contributed by atoms with Crippen molar-refractivity contribution >= 4 is 33.7 Å². The molecule has 0 aromatic heterocycles. The van der Waals surface area contributed by atoms with Crippen LogP contribution in [0.1, 0.15) is 33.3 Å². The summed E-state index contributed by atoms with van der Waals surface area (Å²) in [6, 6.07) is 2.41. The molecule has 1 aromatic rings. The molecule has 1 saturated heterocycles. The molecular formula is C18H25BrFN3O3. The number of ether oxygens (including phenoxy) is 1. The summed E-state index contributed by atoms with van der Waals surface area (Å²) in [7, 11) is 0. The fourth-order valence-corrected chi connectivity index (χ4v) is 3.18. The molecule has 3 amide bonds. The van der Waals surface area contributed by atoms with Crippen LogP contribution >= 0.6 is 15.9 Å². The zero-order chi connectivity index (χ0) is 19.6. The first-order chi connectivity index (χ1) is 12.0. The summed E-state index contributed by atoms with van der Waals surface area (Å²) in [6.45, 7) is 10.3. The highest BCUT2D eigenvalue weighted by Gasteiger charge is 2.32.